The van der Waals surface area contributed by atoms with E-state index >= 15 is 0 Å². The van der Waals surface area contributed by atoms with Crippen molar-refractivity contribution in [3.05, 3.63) is 65.7 Å². The topological polar surface area (TPSA) is 12.0 Å². The van der Waals surface area contributed by atoms with E-state index in [4.69, 9.17) is 0 Å². The van der Waals surface area contributed by atoms with Gasteiger partial charge in [0.05, 0.1) is 5.54 Å². The summed E-state index contributed by atoms with van der Waals surface area (Å²) in [6.45, 7) is 4.62. The molecule has 0 saturated heterocycles. The molecule has 0 bridgehead atoms. The summed E-state index contributed by atoms with van der Waals surface area (Å²) in [5.74, 6) is 0.590. The molecule has 1 heterocycles. The van der Waals surface area contributed by atoms with E-state index in [1.807, 2.05) is 0 Å². The van der Waals surface area contributed by atoms with Crippen LogP contribution in [-0.4, -0.2) is 0 Å². The normalized spacial score (nSPS) is 26.2. The Morgan fingerprint density at radius 2 is 1.67 bits per heavy atom. The summed E-state index contributed by atoms with van der Waals surface area (Å²) in [6, 6.07) is 19.4. The van der Waals surface area contributed by atoms with Crippen molar-refractivity contribution in [2.24, 2.45) is 0 Å². The van der Waals surface area contributed by atoms with Crippen LogP contribution >= 0.6 is 0 Å². The van der Waals surface area contributed by atoms with Crippen molar-refractivity contribution in [2.75, 3.05) is 5.32 Å². The first-order chi connectivity index (χ1) is 8.69. The fourth-order valence-electron chi connectivity index (χ4n) is 3.11. The standard InChI is InChI=1S/C17H19N/c1-13-12-17(2,14-8-4-3-5-9-14)18-16-11-7-6-10-15(13)16/h3-11,13,18H,12H2,1-2H3/t13-,17+/m0/s1. The van der Waals surface area contributed by atoms with Gasteiger partial charge in [-0.25, -0.2) is 0 Å². The van der Waals surface area contributed by atoms with Crippen LogP contribution in [-0.2, 0) is 5.54 Å². The lowest BCUT2D eigenvalue weighted by molar-refractivity contribution is 0.434. The molecule has 0 aliphatic carbocycles. The van der Waals surface area contributed by atoms with Crippen LogP contribution in [0.4, 0.5) is 5.69 Å². The first-order valence-electron chi connectivity index (χ1n) is 6.62. The predicted octanol–water partition coefficient (Wildman–Crippen LogP) is 4.52. The van der Waals surface area contributed by atoms with Crippen LogP contribution in [0.25, 0.3) is 0 Å². The maximum absolute atomic E-state index is 3.72. The molecule has 2 aromatic carbocycles. The van der Waals surface area contributed by atoms with Gasteiger partial charge in [-0.1, -0.05) is 55.5 Å². The number of rotatable bonds is 1. The highest BCUT2D eigenvalue weighted by Gasteiger charge is 2.34. The molecule has 1 aliphatic heterocycles. The Labute approximate surface area is 109 Å². The highest BCUT2D eigenvalue weighted by Crippen LogP contribution is 2.43. The highest BCUT2D eigenvalue weighted by atomic mass is 15.0. The lowest BCUT2D eigenvalue weighted by Crippen LogP contribution is -2.37. The second-order valence-corrected chi connectivity index (χ2v) is 5.52. The van der Waals surface area contributed by atoms with E-state index in [-0.39, 0.29) is 5.54 Å². The summed E-state index contributed by atoms with van der Waals surface area (Å²) in [4.78, 5) is 0. The number of hydrogen-bond donors (Lipinski definition) is 1. The molecule has 0 unspecified atom stereocenters. The van der Waals surface area contributed by atoms with Crippen molar-refractivity contribution in [3.63, 3.8) is 0 Å². The number of anilines is 1. The van der Waals surface area contributed by atoms with Crippen molar-refractivity contribution in [1.29, 1.82) is 0 Å². The molecule has 0 spiro atoms. The van der Waals surface area contributed by atoms with Gasteiger partial charge in [-0.15, -0.1) is 0 Å². The molecule has 2 aromatic rings. The van der Waals surface area contributed by atoms with Crippen LogP contribution in [0.3, 0.4) is 0 Å². The number of nitrogens with one attached hydrogen (secondary N) is 1. The van der Waals surface area contributed by atoms with E-state index in [2.05, 4.69) is 73.8 Å². The molecule has 0 saturated carbocycles. The molecule has 1 heteroatoms. The minimum atomic E-state index is 0.0367. The third-order valence-electron chi connectivity index (χ3n) is 4.03. The van der Waals surface area contributed by atoms with Gasteiger partial charge >= 0.3 is 0 Å². The number of fused-ring (bicyclic) bond motifs is 1. The summed E-state index contributed by atoms with van der Waals surface area (Å²) in [7, 11) is 0. The van der Waals surface area contributed by atoms with Crippen molar-refractivity contribution < 1.29 is 0 Å². The lowest BCUT2D eigenvalue weighted by atomic mass is 9.77. The van der Waals surface area contributed by atoms with E-state index in [1.165, 1.54) is 16.8 Å². The minimum Gasteiger partial charge on any atom is -0.376 e. The first-order valence-corrected chi connectivity index (χ1v) is 6.62. The molecule has 0 amide bonds. The maximum Gasteiger partial charge on any atom is 0.0603 e. The largest absolute Gasteiger partial charge is 0.376 e. The van der Waals surface area contributed by atoms with Gasteiger partial charge in [0.1, 0.15) is 0 Å². The fraction of sp³-hybridized carbons (Fsp3) is 0.294. The molecule has 18 heavy (non-hydrogen) atoms. The van der Waals surface area contributed by atoms with Crippen LogP contribution in [0, 0.1) is 0 Å². The molecule has 92 valence electrons. The van der Waals surface area contributed by atoms with Gasteiger partial charge in [-0.2, -0.15) is 0 Å². The SMILES string of the molecule is C[C@H]1C[C@](C)(c2ccccc2)Nc2ccccc21. The van der Waals surface area contributed by atoms with E-state index in [9.17, 15) is 0 Å². The Balaban J connectivity index is 2.03. The van der Waals surface area contributed by atoms with Crippen molar-refractivity contribution in [3.8, 4) is 0 Å². The number of para-hydroxylation sites is 1. The van der Waals surface area contributed by atoms with Gasteiger partial charge in [0, 0.05) is 5.69 Å². The van der Waals surface area contributed by atoms with Gasteiger partial charge in [0.15, 0.2) is 0 Å². The molecular weight excluding hydrogens is 218 g/mol. The Morgan fingerprint density at radius 3 is 2.44 bits per heavy atom. The zero-order valence-electron chi connectivity index (χ0n) is 11.0. The molecule has 0 fully saturated rings. The van der Waals surface area contributed by atoms with Crippen LogP contribution < -0.4 is 5.32 Å². The molecule has 0 radical (unpaired) electrons. The zero-order chi connectivity index (χ0) is 12.6. The highest BCUT2D eigenvalue weighted by molar-refractivity contribution is 5.58. The van der Waals surface area contributed by atoms with Crippen molar-refractivity contribution in [1.82, 2.24) is 0 Å². The van der Waals surface area contributed by atoms with E-state index < -0.39 is 0 Å². The first kappa shape index (κ1) is 11.3. The van der Waals surface area contributed by atoms with Crippen molar-refractivity contribution in [2.45, 2.75) is 31.7 Å². The van der Waals surface area contributed by atoms with Gasteiger partial charge in [0.25, 0.3) is 0 Å². The second-order valence-electron chi connectivity index (χ2n) is 5.52. The summed E-state index contributed by atoms with van der Waals surface area (Å²) in [5.41, 5.74) is 4.12. The average molecular weight is 237 g/mol. The molecular formula is C17H19N. The van der Waals surface area contributed by atoms with E-state index in [1.54, 1.807) is 0 Å². The van der Waals surface area contributed by atoms with E-state index in [0.29, 0.717) is 5.92 Å². The summed E-state index contributed by atoms with van der Waals surface area (Å²) < 4.78 is 0. The molecule has 1 N–H and O–H groups in total. The molecule has 1 nitrogen and oxygen atoms in total. The smallest absolute Gasteiger partial charge is 0.0603 e. The minimum absolute atomic E-state index is 0.0367. The van der Waals surface area contributed by atoms with Crippen LogP contribution in [0.1, 0.15) is 37.3 Å². The average Bonchev–Trinajstić information content (AvgIpc) is 2.40. The Morgan fingerprint density at radius 1 is 1.00 bits per heavy atom. The van der Waals surface area contributed by atoms with Gasteiger partial charge in [-0.05, 0) is 36.5 Å². The summed E-state index contributed by atoms with van der Waals surface area (Å²) >= 11 is 0. The third kappa shape index (κ3) is 1.80. The van der Waals surface area contributed by atoms with Gasteiger partial charge < -0.3 is 5.32 Å². The quantitative estimate of drug-likeness (QED) is 0.769. The van der Waals surface area contributed by atoms with Gasteiger partial charge in [-0.3, -0.25) is 0 Å². The third-order valence-corrected chi connectivity index (χ3v) is 4.03. The summed E-state index contributed by atoms with van der Waals surface area (Å²) in [6.07, 6.45) is 1.13. The fourth-order valence-corrected chi connectivity index (χ4v) is 3.11. The van der Waals surface area contributed by atoms with Crippen molar-refractivity contribution >= 4 is 5.69 Å². The maximum atomic E-state index is 3.72. The molecule has 2 atom stereocenters. The van der Waals surface area contributed by atoms with Crippen LogP contribution in [0.5, 0.6) is 0 Å². The number of hydrogen-bond acceptors (Lipinski definition) is 1. The van der Waals surface area contributed by atoms with Gasteiger partial charge in [0.2, 0.25) is 0 Å². The molecule has 1 aliphatic rings. The lowest BCUT2D eigenvalue weighted by Gasteiger charge is -2.40. The molecule has 0 aromatic heterocycles. The summed E-state index contributed by atoms with van der Waals surface area (Å²) in [5, 5.41) is 3.72. The second kappa shape index (κ2) is 4.16. The number of benzene rings is 2. The zero-order valence-corrected chi connectivity index (χ0v) is 11.0. The monoisotopic (exact) mass is 237 g/mol. The predicted molar refractivity (Wildman–Crippen MR) is 76.9 cm³/mol. The van der Waals surface area contributed by atoms with E-state index in [0.717, 1.165) is 6.42 Å². The van der Waals surface area contributed by atoms with Crippen LogP contribution in [0.2, 0.25) is 0 Å². The Hall–Kier alpha value is -1.76. The Bertz CT molecular complexity index is 547. The Kier molecular flexibility index (Phi) is 2.62. The van der Waals surface area contributed by atoms with Crippen LogP contribution in [0.15, 0.2) is 54.6 Å². The molecule has 3 rings (SSSR count).